The third-order valence-corrected chi connectivity index (χ3v) is 7.29. The summed E-state index contributed by atoms with van der Waals surface area (Å²) in [6, 6.07) is 0.564. The van der Waals surface area contributed by atoms with Crippen molar-refractivity contribution in [3.8, 4) is 0 Å². The molecule has 0 radical (unpaired) electrons. The van der Waals surface area contributed by atoms with E-state index in [2.05, 4.69) is 31.4 Å². The quantitative estimate of drug-likeness (QED) is 0.673. The van der Waals surface area contributed by atoms with E-state index in [1.165, 1.54) is 26.3 Å². The third kappa shape index (κ3) is 4.42. The van der Waals surface area contributed by atoms with Gasteiger partial charge in [-0.25, -0.2) is 18.1 Å². The van der Waals surface area contributed by atoms with Gasteiger partial charge in [-0.2, -0.15) is 0 Å². The second-order valence-corrected chi connectivity index (χ2v) is 9.35. The van der Waals surface area contributed by atoms with E-state index in [4.69, 9.17) is 0 Å². The minimum absolute atomic E-state index is 0.184. The van der Waals surface area contributed by atoms with Crippen LogP contribution in [0.2, 0.25) is 0 Å². The Morgan fingerprint density at radius 3 is 2.88 bits per heavy atom. The van der Waals surface area contributed by atoms with Gasteiger partial charge in [0.2, 0.25) is 10.0 Å². The van der Waals surface area contributed by atoms with Crippen molar-refractivity contribution in [1.82, 2.24) is 24.5 Å². The second-order valence-electron chi connectivity index (χ2n) is 7.31. The Bertz CT molecular complexity index is 666. The van der Waals surface area contributed by atoms with Crippen LogP contribution in [0.4, 0.5) is 0 Å². The van der Waals surface area contributed by atoms with E-state index >= 15 is 0 Å². The van der Waals surface area contributed by atoms with Crippen molar-refractivity contribution < 1.29 is 8.42 Å². The van der Waals surface area contributed by atoms with E-state index in [0.29, 0.717) is 17.9 Å². The van der Waals surface area contributed by atoms with Gasteiger partial charge in [0.05, 0.1) is 12.3 Å². The number of nitrogens with zero attached hydrogens (tertiary/aromatic N) is 3. The molecular weight excluding hydrogens is 338 g/mol. The van der Waals surface area contributed by atoms with Crippen molar-refractivity contribution in [2.24, 2.45) is 5.41 Å². The van der Waals surface area contributed by atoms with Gasteiger partial charge in [0.1, 0.15) is 5.82 Å². The average molecular weight is 370 g/mol. The van der Waals surface area contributed by atoms with Gasteiger partial charge >= 0.3 is 0 Å². The van der Waals surface area contributed by atoms with Crippen LogP contribution in [-0.2, 0) is 23.1 Å². The molecule has 1 saturated heterocycles. The Kier molecular flexibility index (Phi) is 5.82. The number of imidazole rings is 1. The van der Waals surface area contributed by atoms with Crippen LogP contribution in [0.1, 0.15) is 38.4 Å². The van der Waals surface area contributed by atoms with Crippen molar-refractivity contribution in [3.05, 3.63) is 18.2 Å². The predicted molar refractivity (Wildman–Crippen MR) is 98.7 cm³/mol. The third-order valence-electron chi connectivity index (χ3n) is 5.84. The SMILES string of the molecule is CCn1ccnc1CN(CCCS(=O)(=O)NC)[C@H]1CC12CCNCC2. The topological polar surface area (TPSA) is 79.3 Å². The first-order valence-corrected chi connectivity index (χ1v) is 11.0. The molecule has 0 bridgehead atoms. The summed E-state index contributed by atoms with van der Waals surface area (Å²) in [5, 5.41) is 3.45. The Morgan fingerprint density at radius 2 is 2.20 bits per heavy atom. The molecule has 1 aromatic heterocycles. The highest BCUT2D eigenvalue weighted by atomic mass is 32.2. The number of rotatable bonds is 9. The number of hydrogen-bond acceptors (Lipinski definition) is 5. The first kappa shape index (κ1) is 18.8. The largest absolute Gasteiger partial charge is 0.334 e. The lowest BCUT2D eigenvalue weighted by Crippen LogP contribution is -2.37. The second kappa shape index (κ2) is 7.73. The van der Waals surface area contributed by atoms with Crippen LogP contribution in [0.3, 0.4) is 0 Å². The van der Waals surface area contributed by atoms with E-state index in [9.17, 15) is 8.42 Å². The number of hydrogen-bond donors (Lipinski definition) is 2. The summed E-state index contributed by atoms with van der Waals surface area (Å²) in [5.41, 5.74) is 0.441. The summed E-state index contributed by atoms with van der Waals surface area (Å²) in [4.78, 5) is 7.00. The van der Waals surface area contributed by atoms with Crippen LogP contribution in [0.25, 0.3) is 0 Å². The molecule has 1 aliphatic carbocycles. The van der Waals surface area contributed by atoms with Gasteiger partial charge in [-0.05, 0) is 64.7 Å². The van der Waals surface area contributed by atoms with Crippen LogP contribution in [-0.4, -0.2) is 61.3 Å². The van der Waals surface area contributed by atoms with Crippen LogP contribution < -0.4 is 10.0 Å². The monoisotopic (exact) mass is 369 g/mol. The molecule has 7 nitrogen and oxygen atoms in total. The fourth-order valence-corrected chi connectivity index (χ4v) is 4.88. The zero-order valence-electron chi connectivity index (χ0n) is 15.4. The lowest BCUT2D eigenvalue weighted by molar-refractivity contribution is 0.190. The highest BCUT2D eigenvalue weighted by molar-refractivity contribution is 7.89. The van der Waals surface area contributed by atoms with Gasteiger partial charge in [-0.15, -0.1) is 0 Å². The van der Waals surface area contributed by atoms with Gasteiger partial charge in [-0.3, -0.25) is 4.90 Å². The summed E-state index contributed by atoms with van der Waals surface area (Å²) < 4.78 is 28.0. The molecule has 1 atom stereocenters. The minimum atomic E-state index is -3.14. The Balaban J connectivity index is 1.66. The summed E-state index contributed by atoms with van der Waals surface area (Å²) in [6.45, 7) is 6.85. The molecule has 1 saturated carbocycles. The maximum atomic E-state index is 11.7. The van der Waals surface area contributed by atoms with Crippen molar-refractivity contribution in [2.75, 3.05) is 32.4 Å². The van der Waals surface area contributed by atoms with Crippen LogP contribution in [0, 0.1) is 5.41 Å². The molecule has 1 aromatic rings. The molecule has 0 aromatic carbocycles. The molecular formula is C17H31N5O2S. The Morgan fingerprint density at radius 1 is 1.44 bits per heavy atom. The van der Waals surface area contributed by atoms with Gasteiger partial charge in [0, 0.05) is 25.0 Å². The molecule has 25 heavy (non-hydrogen) atoms. The van der Waals surface area contributed by atoms with Crippen LogP contribution >= 0.6 is 0 Å². The van der Waals surface area contributed by atoms with E-state index < -0.39 is 10.0 Å². The highest BCUT2D eigenvalue weighted by Crippen LogP contribution is 2.56. The lowest BCUT2D eigenvalue weighted by Gasteiger charge is -2.29. The van der Waals surface area contributed by atoms with E-state index in [1.54, 1.807) is 0 Å². The molecule has 1 aliphatic heterocycles. The van der Waals surface area contributed by atoms with E-state index in [-0.39, 0.29) is 5.75 Å². The van der Waals surface area contributed by atoms with Crippen LogP contribution in [0.15, 0.2) is 12.4 Å². The highest BCUT2D eigenvalue weighted by Gasteiger charge is 2.56. The molecule has 3 rings (SSSR count). The zero-order chi connectivity index (χ0) is 17.9. The zero-order valence-corrected chi connectivity index (χ0v) is 16.2. The van der Waals surface area contributed by atoms with Gasteiger partial charge in [0.25, 0.3) is 0 Å². The van der Waals surface area contributed by atoms with Crippen molar-refractivity contribution in [3.63, 3.8) is 0 Å². The van der Waals surface area contributed by atoms with E-state index in [0.717, 1.165) is 38.5 Å². The fourth-order valence-electron chi connectivity index (χ4n) is 4.17. The first-order chi connectivity index (χ1) is 12.0. The summed E-state index contributed by atoms with van der Waals surface area (Å²) in [6.07, 6.45) is 8.22. The number of piperidine rings is 1. The van der Waals surface area contributed by atoms with Gasteiger partial charge in [-0.1, -0.05) is 0 Å². The van der Waals surface area contributed by atoms with Gasteiger partial charge < -0.3 is 9.88 Å². The number of nitrogens with one attached hydrogen (secondary N) is 2. The first-order valence-electron chi connectivity index (χ1n) is 9.36. The number of sulfonamides is 1. The standard InChI is InChI=1S/C17H31N5O2S/c1-3-21-11-9-20-16(21)14-22(10-4-12-25(23,24)18-2)15-13-17(15)5-7-19-8-6-17/h9,11,15,18-19H,3-8,10,12-14H2,1-2H3/t15-/m0/s1. The molecule has 8 heteroatoms. The predicted octanol–water partition coefficient (Wildman–Crippen LogP) is 0.786. The maximum absolute atomic E-state index is 11.7. The maximum Gasteiger partial charge on any atom is 0.211 e. The van der Waals surface area contributed by atoms with Crippen molar-refractivity contribution in [1.29, 1.82) is 0 Å². The molecule has 2 aliphatic rings. The molecule has 2 heterocycles. The molecule has 0 unspecified atom stereocenters. The summed E-state index contributed by atoms with van der Waals surface area (Å²) in [5.74, 6) is 1.26. The Labute approximate surface area is 151 Å². The molecule has 0 amide bonds. The van der Waals surface area contributed by atoms with Crippen LogP contribution in [0.5, 0.6) is 0 Å². The molecule has 2 N–H and O–H groups in total. The van der Waals surface area contributed by atoms with E-state index in [1.807, 2.05) is 12.4 Å². The normalized spacial score (nSPS) is 22.6. The fraction of sp³-hybridized carbons (Fsp3) is 0.824. The molecule has 1 spiro atoms. The smallest absolute Gasteiger partial charge is 0.211 e. The molecule has 142 valence electrons. The molecule has 2 fully saturated rings. The lowest BCUT2D eigenvalue weighted by atomic mass is 9.93. The minimum Gasteiger partial charge on any atom is -0.334 e. The average Bonchev–Trinajstić information content (AvgIpc) is 3.09. The Hall–Kier alpha value is -0.960. The number of aryl methyl sites for hydroxylation is 1. The van der Waals surface area contributed by atoms with Crippen molar-refractivity contribution in [2.45, 2.75) is 51.7 Å². The summed E-state index contributed by atoms with van der Waals surface area (Å²) >= 11 is 0. The summed E-state index contributed by atoms with van der Waals surface area (Å²) in [7, 11) is -1.65. The van der Waals surface area contributed by atoms with Gasteiger partial charge in [0.15, 0.2) is 0 Å². The number of aromatic nitrogens is 2. The van der Waals surface area contributed by atoms with Crippen molar-refractivity contribution >= 4 is 10.0 Å².